The van der Waals surface area contributed by atoms with Crippen LogP contribution < -0.4 is 5.09 Å². The van der Waals surface area contributed by atoms with Crippen LogP contribution in [0.2, 0.25) is 0 Å². The summed E-state index contributed by atoms with van der Waals surface area (Å²) in [5, 5.41) is 5.61. The summed E-state index contributed by atoms with van der Waals surface area (Å²) >= 11 is 5.32. The quantitative estimate of drug-likeness (QED) is 0.854. The molecule has 2 unspecified atom stereocenters. The maximum Gasteiger partial charge on any atom is 0.261 e. The first-order valence-electron chi connectivity index (χ1n) is 5.79. The Morgan fingerprint density at radius 2 is 2.06 bits per heavy atom. The van der Waals surface area contributed by atoms with E-state index in [0.717, 1.165) is 0 Å². The van der Waals surface area contributed by atoms with E-state index in [1.54, 1.807) is 7.11 Å². The molecule has 1 N–H and O–H groups in total. The fraction of sp³-hybridized carbons (Fsp3) is 0.231. The van der Waals surface area contributed by atoms with Gasteiger partial charge in [-0.2, -0.15) is 0 Å². The molecule has 2 aromatic carbocycles. The summed E-state index contributed by atoms with van der Waals surface area (Å²) in [5.74, 6) is 0. The van der Waals surface area contributed by atoms with Crippen LogP contribution in [0.3, 0.4) is 0 Å². The van der Waals surface area contributed by atoms with Crippen molar-refractivity contribution in [3.63, 3.8) is 0 Å². The highest BCUT2D eigenvalue weighted by Gasteiger charge is 2.32. The molecular formula is C13H14NO2PS. The molecule has 2 aromatic rings. The largest absolute Gasteiger partial charge is 0.321 e. The van der Waals surface area contributed by atoms with Crippen molar-refractivity contribution in [3.05, 3.63) is 48.0 Å². The summed E-state index contributed by atoms with van der Waals surface area (Å²) in [6.45, 7) is -1.56. The molecule has 0 aliphatic carbocycles. The second kappa shape index (κ2) is 4.72. The van der Waals surface area contributed by atoms with Gasteiger partial charge >= 0.3 is 0 Å². The van der Waals surface area contributed by atoms with E-state index in [1.807, 2.05) is 12.1 Å². The lowest BCUT2D eigenvalue weighted by atomic mass is 10.0. The smallest absolute Gasteiger partial charge is 0.261 e. The van der Waals surface area contributed by atoms with E-state index in [-0.39, 0.29) is 6.10 Å². The van der Waals surface area contributed by atoms with Crippen LogP contribution in [0, 0.1) is 0 Å². The lowest BCUT2D eigenvalue weighted by Gasteiger charge is -2.15. The maximum absolute atomic E-state index is 5.88. The van der Waals surface area contributed by atoms with E-state index < -0.39 is 6.64 Å². The Kier molecular flexibility index (Phi) is 3.22. The summed E-state index contributed by atoms with van der Waals surface area (Å²) in [5.41, 5.74) is 1.17. The highest BCUT2D eigenvalue weighted by atomic mass is 32.5. The molecular weight excluding hydrogens is 265 g/mol. The van der Waals surface area contributed by atoms with Crippen LogP contribution in [0.5, 0.6) is 0 Å². The zero-order valence-corrected chi connectivity index (χ0v) is 11.7. The molecule has 1 aliphatic heterocycles. The molecule has 1 saturated heterocycles. The summed E-state index contributed by atoms with van der Waals surface area (Å²) in [6.07, 6.45) is -0.0260. The van der Waals surface area contributed by atoms with Gasteiger partial charge < -0.3 is 9.05 Å². The van der Waals surface area contributed by atoms with Gasteiger partial charge in [-0.3, -0.25) is 0 Å². The Bertz CT molecular complexity index is 626. The van der Waals surface area contributed by atoms with Crippen molar-refractivity contribution >= 4 is 29.2 Å². The van der Waals surface area contributed by atoms with Crippen molar-refractivity contribution in [3.8, 4) is 0 Å². The van der Waals surface area contributed by atoms with Crippen molar-refractivity contribution in [2.75, 3.05) is 13.7 Å². The Hall–Kier alpha value is -0.770. The summed E-state index contributed by atoms with van der Waals surface area (Å²) < 4.78 is 11.1. The number of nitrogens with one attached hydrogen (secondary N) is 1. The van der Waals surface area contributed by atoms with Crippen LogP contribution in [-0.4, -0.2) is 13.7 Å². The van der Waals surface area contributed by atoms with Gasteiger partial charge in [-0.25, -0.2) is 5.09 Å². The van der Waals surface area contributed by atoms with E-state index in [0.29, 0.717) is 6.54 Å². The van der Waals surface area contributed by atoms with Crippen LogP contribution in [-0.2, 0) is 20.9 Å². The van der Waals surface area contributed by atoms with Gasteiger partial charge in [-0.05, 0) is 28.1 Å². The topological polar surface area (TPSA) is 30.5 Å². The molecule has 1 aliphatic rings. The average Bonchev–Trinajstić information content (AvgIpc) is 2.81. The van der Waals surface area contributed by atoms with Crippen LogP contribution in [0.25, 0.3) is 10.8 Å². The number of hydrogen-bond acceptors (Lipinski definition) is 3. The van der Waals surface area contributed by atoms with Crippen molar-refractivity contribution in [1.82, 2.24) is 5.09 Å². The molecule has 2 atom stereocenters. The number of rotatable bonds is 2. The normalized spacial score (nSPS) is 27.7. The van der Waals surface area contributed by atoms with Gasteiger partial charge in [0.05, 0.1) is 0 Å². The minimum atomic E-state index is -2.27. The number of fused-ring (bicyclic) bond motifs is 1. The van der Waals surface area contributed by atoms with Crippen LogP contribution in [0.4, 0.5) is 0 Å². The molecule has 3 rings (SSSR count). The number of benzene rings is 2. The van der Waals surface area contributed by atoms with E-state index in [4.69, 9.17) is 20.9 Å². The lowest BCUT2D eigenvalue weighted by Crippen LogP contribution is -2.07. The summed E-state index contributed by atoms with van der Waals surface area (Å²) in [7, 11) is 1.60. The zero-order valence-electron chi connectivity index (χ0n) is 10.00. The minimum absolute atomic E-state index is 0.0260. The Labute approximate surface area is 111 Å². The van der Waals surface area contributed by atoms with Gasteiger partial charge in [-0.15, -0.1) is 0 Å². The van der Waals surface area contributed by atoms with Crippen LogP contribution in [0.15, 0.2) is 42.5 Å². The first-order chi connectivity index (χ1) is 8.72. The standard InChI is InChI=1S/C13H14NO2PS/c1-15-17(18)14-9-13(16-17)12-8-4-6-10-5-2-3-7-11(10)12/h2-8,13H,9H2,1H3,(H,14,18). The summed E-state index contributed by atoms with van der Waals surface area (Å²) in [4.78, 5) is 0. The molecule has 3 nitrogen and oxygen atoms in total. The molecule has 0 amide bonds. The average molecular weight is 279 g/mol. The lowest BCUT2D eigenvalue weighted by molar-refractivity contribution is 0.235. The second-order valence-corrected chi connectivity index (χ2v) is 7.53. The highest BCUT2D eigenvalue weighted by Crippen LogP contribution is 2.53. The molecule has 94 valence electrons. The molecule has 5 heteroatoms. The zero-order chi connectivity index (χ0) is 12.6. The Balaban J connectivity index is 2.03. The van der Waals surface area contributed by atoms with Crippen molar-refractivity contribution < 1.29 is 9.05 Å². The van der Waals surface area contributed by atoms with E-state index in [2.05, 4.69) is 35.4 Å². The molecule has 0 saturated carbocycles. The molecule has 0 bridgehead atoms. The SMILES string of the molecule is COP1(=S)NCC(c2cccc3ccccc23)O1. The van der Waals surface area contributed by atoms with Gasteiger partial charge in [0.15, 0.2) is 0 Å². The Morgan fingerprint density at radius 3 is 2.83 bits per heavy atom. The van der Waals surface area contributed by atoms with Crippen molar-refractivity contribution in [2.45, 2.75) is 6.10 Å². The van der Waals surface area contributed by atoms with Gasteiger partial charge in [0.1, 0.15) is 6.10 Å². The van der Waals surface area contributed by atoms with E-state index in [9.17, 15) is 0 Å². The van der Waals surface area contributed by atoms with Crippen LogP contribution in [0.1, 0.15) is 11.7 Å². The predicted octanol–water partition coefficient (Wildman–Crippen LogP) is 3.37. The third kappa shape index (κ3) is 2.11. The third-order valence-electron chi connectivity index (χ3n) is 3.15. The third-order valence-corrected chi connectivity index (χ3v) is 5.82. The Morgan fingerprint density at radius 1 is 1.28 bits per heavy atom. The molecule has 0 radical (unpaired) electrons. The number of hydrogen-bond donors (Lipinski definition) is 1. The molecule has 0 aromatic heterocycles. The summed E-state index contributed by atoms with van der Waals surface area (Å²) in [6, 6.07) is 14.6. The second-order valence-electron chi connectivity index (χ2n) is 4.20. The van der Waals surface area contributed by atoms with Crippen LogP contribution >= 0.6 is 6.64 Å². The maximum atomic E-state index is 5.88. The van der Waals surface area contributed by atoms with Crippen molar-refractivity contribution in [1.29, 1.82) is 0 Å². The monoisotopic (exact) mass is 279 g/mol. The molecule has 1 heterocycles. The van der Waals surface area contributed by atoms with Gasteiger partial charge in [-0.1, -0.05) is 42.5 Å². The van der Waals surface area contributed by atoms with E-state index >= 15 is 0 Å². The predicted molar refractivity (Wildman–Crippen MR) is 77.1 cm³/mol. The first-order valence-corrected chi connectivity index (χ1v) is 8.43. The molecule has 18 heavy (non-hydrogen) atoms. The van der Waals surface area contributed by atoms with E-state index in [1.165, 1.54) is 16.3 Å². The first kappa shape index (κ1) is 12.3. The van der Waals surface area contributed by atoms with Gasteiger partial charge in [0, 0.05) is 13.7 Å². The fourth-order valence-corrected chi connectivity index (χ4v) is 3.98. The van der Waals surface area contributed by atoms with Gasteiger partial charge in [0.25, 0.3) is 6.64 Å². The minimum Gasteiger partial charge on any atom is -0.321 e. The van der Waals surface area contributed by atoms with Gasteiger partial charge in [0.2, 0.25) is 0 Å². The van der Waals surface area contributed by atoms with Crippen molar-refractivity contribution in [2.24, 2.45) is 0 Å². The molecule has 1 fully saturated rings. The highest BCUT2D eigenvalue weighted by molar-refractivity contribution is 8.09. The fourth-order valence-electron chi connectivity index (χ4n) is 2.24. The molecule has 0 spiro atoms.